The first-order valence-electron chi connectivity index (χ1n) is 5.69. The highest BCUT2D eigenvalue weighted by Gasteiger charge is 2.37. The quantitative estimate of drug-likeness (QED) is 0.885. The molecule has 0 amide bonds. The molecular formula is C13H13FN2S. The zero-order valence-electron chi connectivity index (χ0n) is 9.32. The third kappa shape index (κ3) is 1.77. The fourth-order valence-electron chi connectivity index (χ4n) is 2.07. The zero-order valence-corrected chi connectivity index (χ0v) is 10.1. The van der Waals surface area contributed by atoms with Crippen molar-refractivity contribution in [3.63, 3.8) is 0 Å². The van der Waals surface area contributed by atoms with Crippen molar-refractivity contribution in [1.82, 2.24) is 4.98 Å². The fourth-order valence-corrected chi connectivity index (χ4v) is 3.06. The minimum absolute atomic E-state index is 0.232. The average molecular weight is 248 g/mol. The molecule has 0 atom stereocenters. The van der Waals surface area contributed by atoms with Gasteiger partial charge in [-0.2, -0.15) is 0 Å². The van der Waals surface area contributed by atoms with Crippen LogP contribution in [-0.4, -0.2) is 4.98 Å². The first-order chi connectivity index (χ1) is 8.19. The smallest absolute Gasteiger partial charge is 0.132 e. The maximum absolute atomic E-state index is 13.6. The summed E-state index contributed by atoms with van der Waals surface area (Å²) in [5.74, 6) is -0.232. The number of thiazole rings is 1. The molecule has 1 aliphatic rings. The van der Waals surface area contributed by atoms with Gasteiger partial charge in [0.15, 0.2) is 0 Å². The highest BCUT2D eigenvalue weighted by molar-refractivity contribution is 7.10. The lowest BCUT2D eigenvalue weighted by molar-refractivity contribution is 0.253. The van der Waals surface area contributed by atoms with Crippen molar-refractivity contribution in [2.45, 2.75) is 24.8 Å². The van der Waals surface area contributed by atoms with Gasteiger partial charge in [0.1, 0.15) is 10.8 Å². The van der Waals surface area contributed by atoms with E-state index in [9.17, 15) is 4.39 Å². The van der Waals surface area contributed by atoms with E-state index in [0.29, 0.717) is 11.3 Å². The maximum atomic E-state index is 13.6. The number of hydrogen-bond acceptors (Lipinski definition) is 3. The van der Waals surface area contributed by atoms with Gasteiger partial charge in [-0.25, -0.2) is 9.37 Å². The summed E-state index contributed by atoms with van der Waals surface area (Å²) in [6, 6.07) is 6.70. The van der Waals surface area contributed by atoms with Crippen LogP contribution in [0, 0.1) is 5.82 Å². The summed E-state index contributed by atoms with van der Waals surface area (Å²) in [4.78, 5) is 4.49. The van der Waals surface area contributed by atoms with Crippen LogP contribution in [0.25, 0.3) is 11.3 Å². The molecule has 1 fully saturated rings. The van der Waals surface area contributed by atoms with E-state index in [1.54, 1.807) is 12.1 Å². The number of halogens is 1. The fraction of sp³-hybridized carbons (Fsp3) is 0.308. The maximum Gasteiger partial charge on any atom is 0.132 e. The normalized spacial score (nSPS) is 17.8. The Morgan fingerprint density at radius 2 is 2.06 bits per heavy atom. The van der Waals surface area contributed by atoms with E-state index in [0.717, 1.165) is 24.3 Å². The van der Waals surface area contributed by atoms with E-state index in [-0.39, 0.29) is 11.4 Å². The average Bonchev–Trinajstić information content (AvgIpc) is 2.76. The largest absolute Gasteiger partial charge is 0.319 e. The van der Waals surface area contributed by atoms with Gasteiger partial charge in [-0.15, -0.1) is 11.3 Å². The second kappa shape index (κ2) is 3.89. The standard InChI is InChI=1S/C13H13FN2S/c14-10-5-2-1-4-9(10)11-8-17-12(16-11)13(15)6-3-7-13/h1-2,4-5,8H,3,6-7,15H2. The lowest BCUT2D eigenvalue weighted by Gasteiger charge is -2.35. The number of benzene rings is 1. The SMILES string of the molecule is NC1(c2nc(-c3ccccc3F)cs2)CCC1. The van der Waals surface area contributed by atoms with Crippen LogP contribution in [0.15, 0.2) is 29.6 Å². The summed E-state index contributed by atoms with van der Waals surface area (Å²) in [5.41, 5.74) is 7.20. The lowest BCUT2D eigenvalue weighted by Crippen LogP contribution is -2.43. The number of nitrogens with two attached hydrogens (primary N) is 1. The Morgan fingerprint density at radius 1 is 1.29 bits per heavy atom. The van der Waals surface area contributed by atoms with Gasteiger partial charge in [-0.3, -0.25) is 0 Å². The Labute approximate surface area is 103 Å². The van der Waals surface area contributed by atoms with Gasteiger partial charge < -0.3 is 5.73 Å². The highest BCUT2D eigenvalue weighted by atomic mass is 32.1. The lowest BCUT2D eigenvalue weighted by atomic mass is 9.78. The summed E-state index contributed by atoms with van der Waals surface area (Å²) in [7, 11) is 0. The number of nitrogens with zero attached hydrogens (tertiary/aromatic N) is 1. The highest BCUT2D eigenvalue weighted by Crippen LogP contribution is 2.41. The molecule has 1 saturated carbocycles. The number of hydrogen-bond donors (Lipinski definition) is 1. The van der Waals surface area contributed by atoms with Crippen LogP contribution in [0.2, 0.25) is 0 Å². The molecule has 0 aliphatic heterocycles. The molecule has 0 radical (unpaired) electrons. The van der Waals surface area contributed by atoms with Crippen LogP contribution in [-0.2, 0) is 5.54 Å². The van der Waals surface area contributed by atoms with Gasteiger partial charge in [-0.05, 0) is 31.4 Å². The molecule has 2 aromatic rings. The molecule has 3 rings (SSSR count). The van der Waals surface area contributed by atoms with Gasteiger partial charge in [-0.1, -0.05) is 12.1 Å². The van der Waals surface area contributed by atoms with Gasteiger partial charge in [0.25, 0.3) is 0 Å². The predicted octanol–water partition coefficient (Wildman–Crippen LogP) is 3.29. The van der Waals surface area contributed by atoms with Crippen LogP contribution in [0.3, 0.4) is 0 Å². The molecule has 0 spiro atoms. The van der Waals surface area contributed by atoms with Crippen molar-refractivity contribution >= 4 is 11.3 Å². The first-order valence-corrected chi connectivity index (χ1v) is 6.57. The monoisotopic (exact) mass is 248 g/mol. The van der Waals surface area contributed by atoms with E-state index in [4.69, 9.17) is 5.73 Å². The Hall–Kier alpha value is -1.26. The third-order valence-electron chi connectivity index (χ3n) is 3.33. The minimum Gasteiger partial charge on any atom is -0.319 e. The Balaban J connectivity index is 1.98. The zero-order chi connectivity index (χ0) is 11.9. The molecule has 1 aliphatic carbocycles. The summed E-state index contributed by atoms with van der Waals surface area (Å²) in [5, 5.41) is 2.82. The molecule has 1 aromatic carbocycles. The number of aromatic nitrogens is 1. The second-order valence-corrected chi connectivity index (χ2v) is 5.39. The Kier molecular flexibility index (Phi) is 2.49. The molecule has 0 bridgehead atoms. The van der Waals surface area contributed by atoms with E-state index < -0.39 is 0 Å². The van der Waals surface area contributed by atoms with Crippen molar-refractivity contribution in [3.05, 3.63) is 40.5 Å². The molecule has 0 saturated heterocycles. The van der Waals surface area contributed by atoms with Crippen molar-refractivity contribution in [1.29, 1.82) is 0 Å². The molecule has 2 nitrogen and oxygen atoms in total. The molecular weight excluding hydrogens is 235 g/mol. The first kappa shape index (κ1) is 10.9. The van der Waals surface area contributed by atoms with E-state index in [1.807, 2.05) is 11.4 Å². The molecule has 88 valence electrons. The molecule has 4 heteroatoms. The van der Waals surface area contributed by atoms with Crippen LogP contribution >= 0.6 is 11.3 Å². The van der Waals surface area contributed by atoms with E-state index in [1.165, 1.54) is 17.4 Å². The molecule has 17 heavy (non-hydrogen) atoms. The van der Waals surface area contributed by atoms with Gasteiger partial charge in [0.2, 0.25) is 0 Å². The van der Waals surface area contributed by atoms with Crippen LogP contribution in [0.5, 0.6) is 0 Å². The van der Waals surface area contributed by atoms with Crippen molar-refractivity contribution < 1.29 is 4.39 Å². The Morgan fingerprint density at radius 3 is 2.71 bits per heavy atom. The molecule has 2 N–H and O–H groups in total. The number of rotatable bonds is 2. The second-order valence-electron chi connectivity index (χ2n) is 4.53. The summed E-state index contributed by atoms with van der Waals surface area (Å²) in [6.07, 6.45) is 3.12. The van der Waals surface area contributed by atoms with Crippen molar-refractivity contribution in [2.75, 3.05) is 0 Å². The third-order valence-corrected chi connectivity index (χ3v) is 4.39. The predicted molar refractivity (Wildman–Crippen MR) is 67.2 cm³/mol. The summed E-state index contributed by atoms with van der Waals surface area (Å²) in [6.45, 7) is 0. The van der Waals surface area contributed by atoms with Gasteiger partial charge in [0.05, 0.1) is 11.2 Å². The molecule has 1 aromatic heterocycles. The minimum atomic E-state index is -0.256. The van der Waals surface area contributed by atoms with E-state index >= 15 is 0 Å². The topological polar surface area (TPSA) is 38.9 Å². The van der Waals surface area contributed by atoms with Crippen LogP contribution in [0.4, 0.5) is 4.39 Å². The van der Waals surface area contributed by atoms with Gasteiger partial charge in [0, 0.05) is 10.9 Å². The van der Waals surface area contributed by atoms with Crippen molar-refractivity contribution in [2.24, 2.45) is 5.73 Å². The van der Waals surface area contributed by atoms with Crippen LogP contribution in [0.1, 0.15) is 24.3 Å². The summed E-state index contributed by atoms with van der Waals surface area (Å²) < 4.78 is 13.6. The van der Waals surface area contributed by atoms with E-state index in [2.05, 4.69) is 4.98 Å². The van der Waals surface area contributed by atoms with Crippen LogP contribution < -0.4 is 5.73 Å². The Bertz CT molecular complexity index is 546. The van der Waals surface area contributed by atoms with Gasteiger partial charge >= 0.3 is 0 Å². The summed E-state index contributed by atoms with van der Waals surface area (Å²) >= 11 is 1.53. The van der Waals surface area contributed by atoms with Crippen molar-refractivity contribution in [3.8, 4) is 11.3 Å². The molecule has 1 heterocycles. The molecule has 0 unspecified atom stereocenters.